The largest absolute Gasteiger partial charge is 0.497 e. The highest BCUT2D eigenvalue weighted by Gasteiger charge is 2.31. The van der Waals surface area contributed by atoms with Gasteiger partial charge in [-0.05, 0) is 61.6 Å². The number of amides is 3. The second-order valence-electron chi connectivity index (χ2n) is 9.82. The number of nitrogens with one attached hydrogen (secondary N) is 3. The van der Waals surface area contributed by atoms with E-state index in [0.29, 0.717) is 31.9 Å². The van der Waals surface area contributed by atoms with E-state index in [4.69, 9.17) is 10.5 Å². The number of H-pyrrole nitrogens is 1. The summed E-state index contributed by atoms with van der Waals surface area (Å²) < 4.78 is 5.34. The number of carbonyl (C=O) groups is 2. The first-order valence-corrected chi connectivity index (χ1v) is 13.1. The second-order valence-corrected chi connectivity index (χ2v) is 9.82. The number of rotatable bonds is 7. The molecule has 3 aliphatic rings. The molecule has 11 nitrogen and oxygen atoms in total. The summed E-state index contributed by atoms with van der Waals surface area (Å²) in [6.07, 6.45) is 11.5. The highest BCUT2D eigenvalue weighted by Crippen LogP contribution is 2.29. The van der Waals surface area contributed by atoms with Crippen LogP contribution in [0, 0.1) is 0 Å². The molecule has 1 atom stereocenters. The van der Waals surface area contributed by atoms with Gasteiger partial charge in [-0.3, -0.25) is 9.89 Å². The number of aliphatic imine (C=N–C) groups is 1. The number of piperidine rings is 1. The molecule has 1 fully saturated rings. The van der Waals surface area contributed by atoms with E-state index in [0.717, 1.165) is 47.5 Å². The van der Waals surface area contributed by atoms with E-state index in [9.17, 15) is 9.59 Å². The van der Waals surface area contributed by atoms with Crippen LogP contribution in [0.2, 0.25) is 0 Å². The number of ether oxygens (including phenoxy) is 1. The van der Waals surface area contributed by atoms with Crippen molar-refractivity contribution in [2.24, 2.45) is 10.7 Å². The van der Waals surface area contributed by atoms with Gasteiger partial charge in [0.1, 0.15) is 11.6 Å². The number of aromatic nitrogens is 2. The third-order valence-corrected chi connectivity index (χ3v) is 7.50. The van der Waals surface area contributed by atoms with Crippen LogP contribution in [0.3, 0.4) is 0 Å². The Hall–Kier alpha value is -4.54. The molecule has 3 heterocycles. The van der Waals surface area contributed by atoms with Crippen LogP contribution >= 0.6 is 0 Å². The Morgan fingerprint density at radius 2 is 2.13 bits per heavy atom. The Morgan fingerprint density at radius 1 is 1.31 bits per heavy atom. The molecule has 39 heavy (non-hydrogen) atoms. The number of fused-ring (bicyclic) bond motifs is 2. The normalized spacial score (nSPS) is 19.8. The van der Waals surface area contributed by atoms with Gasteiger partial charge < -0.3 is 30.9 Å². The first kappa shape index (κ1) is 26.1. The van der Waals surface area contributed by atoms with Crippen LogP contribution in [0.1, 0.15) is 42.1 Å². The monoisotopic (exact) mass is 530 g/mol. The zero-order valence-corrected chi connectivity index (χ0v) is 22.0. The maximum absolute atomic E-state index is 13.0. The minimum absolute atomic E-state index is 0.0866. The smallest absolute Gasteiger partial charge is 0.322 e. The number of nitrogens with zero attached hydrogens (tertiary/aromatic N) is 4. The highest BCUT2D eigenvalue weighted by atomic mass is 16.5. The molecule has 1 saturated heterocycles. The van der Waals surface area contributed by atoms with Crippen LogP contribution in [0.25, 0.3) is 6.08 Å². The third-order valence-electron chi connectivity index (χ3n) is 7.50. The minimum Gasteiger partial charge on any atom is -0.497 e. The lowest BCUT2D eigenvalue weighted by molar-refractivity contribution is -0.117. The van der Waals surface area contributed by atoms with Crippen LogP contribution < -0.4 is 21.1 Å². The molecule has 1 aromatic carbocycles. The summed E-state index contributed by atoms with van der Waals surface area (Å²) in [4.78, 5) is 34.3. The molecule has 204 valence electrons. The first-order valence-electron chi connectivity index (χ1n) is 13.1. The number of methoxy groups -OCH3 is 1. The molecule has 2 aliphatic heterocycles. The summed E-state index contributed by atoms with van der Waals surface area (Å²) in [5.41, 5.74) is 9.67. The van der Waals surface area contributed by atoms with Crippen LogP contribution in [0.5, 0.6) is 5.75 Å². The Labute approximate surface area is 227 Å². The maximum Gasteiger partial charge on any atom is 0.322 e. The van der Waals surface area contributed by atoms with E-state index in [1.165, 1.54) is 6.34 Å². The van der Waals surface area contributed by atoms with Gasteiger partial charge in [0.25, 0.3) is 5.91 Å². The molecular formula is C28H34N8O3. The molecule has 5 rings (SSSR count). The number of carbonyl (C=O) groups excluding carboxylic acids is 2. The number of aromatic amines is 1. The van der Waals surface area contributed by atoms with Crippen molar-refractivity contribution in [2.45, 2.75) is 37.8 Å². The molecule has 0 radical (unpaired) electrons. The topological polar surface area (TPSA) is 141 Å². The van der Waals surface area contributed by atoms with Crippen molar-refractivity contribution in [1.29, 1.82) is 0 Å². The van der Waals surface area contributed by atoms with Gasteiger partial charge in [0.2, 0.25) is 0 Å². The van der Waals surface area contributed by atoms with Crippen molar-refractivity contribution in [3.8, 4) is 5.75 Å². The van der Waals surface area contributed by atoms with Gasteiger partial charge in [-0.2, -0.15) is 5.10 Å². The fourth-order valence-corrected chi connectivity index (χ4v) is 5.37. The molecule has 0 spiro atoms. The van der Waals surface area contributed by atoms with Gasteiger partial charge in [0.15, 0.2) is 0 Å². The fourth-order valence-electron chi connectivity index (χ4n) is 5.37. The number of hydrogen-bond donors (Lipinski definition) is 4. The van der Waals surface area contributed by atoms with Crippen molar-refractivity contribution in [1.82, 2.24) is 25.3 Å². The van der Waals surface area contributed by atoms with E-state index < -0.39 is 0 Å². The van der Waals surface area contributed by atoms with Crippen LogP contribution in [0.4, 0.5) is 10.5 Å². The van der Waals surface area contributed by atoms with Gasteiger partial charge in [-0.15, -0.1) is 0 Å². The van der Waals surface area contributed by atoms with Gasteiger partial charge in [-0.1, -0.05) is 12.7 Å². The molecule has 3 amide bonds. The Balaban J connectivity index is 1.20. The Morgan fingerprint density at radius 3 is 2.90 bits per heavy atom. The summed E-state index contributed by atoms with van der Waals surface area (Å²) >= 11 is 0. The number of nitrogens with two attached hydrogens (primary N) is 1. The number of benzene rings is 1. The number of hydrogen-bond acceptors (Lipinski definition) is 6. The molecule has 5 N–H and O–H groups in total. The number of urea groups is 1. The number of anilines is 1. The van der Waals surface area contributed by atoms with E-state index in [1.807, 2.05) is 35.3 Å². The Kier molecular flexibility index (Phi) is 7.67. The fraction of sp³-hybridized carbons (Fsp3) is 0.357. The van der Waals surface area contributed by atoms with Crippen molar-refractivity contribution < 1.29 is 14.3 Å². The maximum atomic E-state index is 13.0. The SMILES string of the molecule is C=C(/C=C(\N=CN)N1CCC(N2CCc3cc(OC)ccc3NC2=O)CC1)C(=O)NC1CC=Cc2[nH]ncc21. The zero-order valence-electron chi connectivity index (χ0n) is 22.0. The summed E-state index contributed by atoms with van der Waals surface area (Å²) in [7, 11) is 1.64. The molecule has 0 saturated carbocycles. The molecule has 11 heteroatoms. The lowest BCUT2D eigenvalue weighted by atomic mass is 9.98. The van der Waals surface area contributed by atoms with E-state index in [1.54, 1.807) is 19.4 Å². The van der Waals surface area contributed by atoms with E-state index in [2.05, 4.69) is 37.3 Å². The molecule has 2 aromatic rings. The van der Waals surface area contributed by atoms with Crippen LogP contribution in [-0.2, 0) is 11.2 Å². The summed E-state index contributed by atoms with van der Waals surface area (Å²) in [5.74, 6) is 1.07. The Bertz CT molecular complexity index is 1340. The highest BCUT2D eigenvalue weighted by molar-refractivity contribution is 5.96. The number of likely N-dealkylation sites (tertiary alicyclic amines) is 1. The minimum atomic E-state index is -0.278. The van der Waals surface area contributed by atoms with Gasteiger partial charge >= 0.3 is 6.03 Å². The predicted molar refractivity (Wildman–Crippen MR) is 150 cm³/mol. The third kappa shape index (κ3) is 5.66. The second kappa shape index (κ2) is 11.5. The first-order chi connectivity index (χ1) is 19.0. The molecule has 1 aliphatic carbocycles. The standard InChI is InChI=1S/C28H34N8O3/c1-18(27(37)32-24-4-3-5-25-22(24)16-31-34-25)14-26(30-17-29)35-11-9-20(10-12-35)36-13-8-19-15-21(39-2)6-7-23(19)33-28(36)38/h3,5-7,14-17,20,24H,1,4,8-13H2,2H3,(H2,29,30)(H,31,34)(H,32,37)(H,33,38)/b26-14+. The zero-order chi connectivity index (χ0) is 27.4. The summed E-state index contributed by atoms with van der Waals surface area (Å²) in [5, 5.41) is 13.1. The summed E-state index contributed by atoms with van der Waals surface area (Å²) in [6, 6.07) is 5.56. The van der Waals surface area contributed by atoms with Gasteiger partial charge in [-0.25, -0.2) is 9.79 Å². The van der Waals surface area contributed by atoms with E-state index in [-0.39, 0.29) is 29.6 Å². The van der Waals surface area contributed by atoms with Crippen molar-refractivity contribution in [3.05, 3.63) is 71.3 Å². The van der Waals surface area contributed by atoms with Gasteiger partial charge in [0, 0.05) is 42.5 Å². The average Bonchev–Trinajstić information content (AvgIpc) is 3.37. The van der Waals surface area contributed by atoms with Crippen molar-refractivity contribution >= 4 is 30.0 Å². The van der Waals surface area contributed by atoms with E-state index >= 15 is 0 Å². The van der Waals surface area contributed by atoms with Crippen molar-refractivity contribution in [2.75, 3.05) is 32.1 Å². The summed E-state index contributed by atoms with van der Waals surface area (Å²) in [6.45, 7) is 5.94. The molecular weight excluding hydrogens is 496 g/mol. The molecule has 1 aromatic heterocycles. The van der Waals surface area contributed by atoms with Gasteiger partial charge in [0.05, 0.1) is 31.4 Å². The lowest BCUT2D eigenvalue weighted by Gasteiger charge is -2.38. The van der Waals surface area contributed by atoms with Crippen LogP contribution in [-0.4, -0.2) is 71.1 Å². The predicted octanol–water partition coefficient (Wildman–Crippen LogP) is 2.93. The molecule has 0 bridgehead atoms. The van der Waals surface area contributed by atoms with Crippen molar-refractivity contribution in [3.63, 3.8) is 0 Å². The quantitative estimate of drug-likeness (QED) is 0.188. The average molecular weight is 531 g/mol. The molecule has 1 unspecified atom stereocenters. The lowest BCUT2D eigenvalue weighted by Crippen LogP contribution is -2.48. The van der Waals surface area contributed by atoms with Crippen LogP contribution in [0.15, 0.2) is 59.5 Å².